The number of thiazole rings is 1. The smallest absolute Gasteiger partial charge is 0.338 e. The van der Waals surface area contributed by atoms with Crippen molar-refractivity contribution in [2.45, 2.75) is 26.0 Å². The first-order valence-corrected chi connectivity index (χ1v) is 9.55. The van der Waals surface area contributed by atoms with Gasteiger partial charge in [0.2, 0.25) is 0 Å². The Morgan fingerprint density at radius 3 is 2.81 bits per heavy atom. The molecule has 1 aromatic heterocycles. The molecule has 7 heteroatoms. The highest BCUT2D eigenvalue weighted by Gasteiger charge is 2.27. The van der Waals surface area contributed by atoms with Crippen LogP contribution in [0.1, 0.15) is 28.4 Å². The van der Waals surface area contributed by atoms with E-state index >= 15 is 0 Å². The molecule has 0 unspecified atom stereocenters. The molecule has 2 aromatic carbocycles. The van der Waals surface area contributed by atoms with Crippen LogP contribution >= 0.6 is 11.3 Å². The summed E-state index contributed by atoms with van der Waals surface area (Å²) in [5, 5.41) is 0.449. The minimum atomic E-state index is -0.843. The van der Waals surface area contributed by atoms with E-state index in [1.807, 2.05) is 18.2 Å². The van der Waals surface area contributed by atoms with E-state index in [0.717, 1.165) is 22.2 Å². The molecule has 0 aliphatic carbocycles. The molecule has 0 radical (unpaired) electrons. The fraction of sp³-hybridized carbons (Fsp3) is 0.250. The van der Waals surface area contributed by atoms with Gasteiger partial charge in [0.05, 0.1) is 15.8 Å². The third-order valence-electron chi connectivity index (χ3n) is 4.71. The van der Waals surface area contributed by atoms with E-state index in [0.29, 0.717) is 23.8 Å². The van der Waals surface area contributed by atoms with Crippen LogP contribution in [0.5, 0.6) is 0 Å². The maximum absolute atomic E-state index is 12.7. The number of carbonyl (C=O) groups is 2. The summed E-state index contributed by atoms with van der Waals surface area (Å²) in [5.41, 5.74) is 9.23. The predicted molar refractivity (Wildman–Crippen MR) is 104 cm³/mol. The Balaban J connectivity index is 1.44. The quantitative estimate of drug-likeness (QED) is 0.705. The van der Waals surface area contributed by atoms with Gasteiger partial charge in [-0.15, -0.1) is 0 Å². The Bertz CT molecular complexity index is 1030. The zero-order chi connectivity index (χ0) is 19.0. The van der Waals surface area contributed by atoms with E-state index in [1.54, 1.807) is 30.0 Å². The van der Waals surface area contributed by atoms with Crippen molar-refractivity contribution < 1.29 is 14.3 Å². The lowest BCUT2D eigenvalue weighted by atomic mass is 9.99. The average Bonchev–Trinajstić information content (AvgIpc) is 3.06. The molecule has 2 heterocycles. The molecule has 3 aromatic rings. The van der Waals surface area contributed by atoms with Crippen LogP contribution in [0.25, 0.3) is 10.2 Å². The maximum Gasteiger partial charge on any atom is 0.338 e. The number of nitrogens with zero attached hydrogens (tertiary/aromatic N) is 2. The number of benzene rings is 2. The number of aromatic nitrogens is 1. The fourth-order valence-corrected chi connectivity index (χ4v) is 4.06. The third kappa shape index (κ3) is 3.50. The molecule has 1 aliphatic rings. The van der Waals surface area contributed by atoms with Gasteiger partial charge in [-0.2, -0.15) is 0 Å². The number of rotatable bonds is 3. The lowest BCUT2D eigenvalue weighted by Crippen LogP contribution is -2.42. The normalized spacial score (nSPS) is 14.6. The molecule has 27 heavy (non-hydrogen) atoms. The lowest BCUT2D eigenvalue weighted by molar-refractivity contribution is -0.140. The Morgan fingerprint density at radius 1 is 1.22 bits per heavy atom. The molecule has 2 N–H and O–H groups in total. The number of esters is 1. The van der Waals surface area contributed by atoms with E-state index in [9.17, 15) is 9.59 Å². The van der Waals surface area contributed by atoms with Gasteiger partial charge in [-0.25, -0.2) is 9.78 Å². The van der Waals surface area contributed by atoms with Crippen molar-refractivity contribution in [2.24, 2.45) is 0 Å². The van der Waals surface area contributed by atoms with E-state index in [4.69, 9.17) is 10.5 Å². The summed E-state index contributed by atoms with van der Waals surface area (Å²) in [7, 11) is 0. The molecule has 138 valence electrons. The van der Waals surface area contributed by atoms with Crippen LogP contribution in [0.3, 0.4) is 0 Å². The number of hydrogen-bond donors (Lipinski definition) is 1. The van der Waals surface area contributed by atoms with Crippen LogP contribution in [0.4, 0.5) is 5.13 Å². The summed E-state index contributed by atoms with van der Waals surface area (Å²) in [6.07, 6.45) is -0.0310. The molecule has 1 aliphatic heterocycles. The Labute approximate surface area is 160 Å². The van der Waals surface area contributed by atoms with Gasteiger partial charge in [0.15, 0.2) is 11.2 Å². The number of ether oxygens (including phenoxy) is 1. The lowest BCUT2D eigenvalue weighted by Gasteiger charge is -2.30. The summed E-state index contributed by atoms with van der Waals surface area (Å²) < 4.78 is 6.23. The zero-order valence-electron chi connectivity index (χ0n) is 14.8. The van der Waals surface area contributed by atoms with Gasteiger partial charge in [0, 0.05) is 13.1 Å². The minimum absolute atomic E-state index is 0.180. The van der Waals surface area contributed by atoms with Crippen LogP contribution in [0.2, 0.25) is 0 Å². The number of anilines is 1. The topological polar surface area (TPSA) is 85.5 Å². The van der Waals surface area contributed by atoms with Crippen LogP contribution < -0.4 is 5.73 Å². The second-order valence-corrected chi connectivity index (χ2v) is 7.62. The molecule has 0 saturated carbocycles. The molecule has 1 atom stereocenters. The fourth-order valence-electron chi connectivity index (χ4n) is 3.29. The van der Waals surface area contributed by atoms with Crippen molar-refractivity contribution in [1.82, 2.24) is 9.88 Å². The maximum atomic E-state index is 12.7. The highest BCUT2D eigenvalue weighted by Crippen LogP contribution is 2.25. The monoisotopic (exact) mass is 381 g/mol. The predicted octanol–water partition coefficient (Wildman–Crippen LogP) is 3.01. The molecule has 6 nitrogen and oxygen atoms in total. The van der Waals surface area contributed by atoms with Crippen molar-refractivity contribution in [2.75, 3.05) is 12.3 Å². The highest BCUT2D eigenvalue weighted by atomic mass is 32.1. The molecule has 0 fully saturated rings. The Kier molecular flexibility index (Phi) is 4.53. The molecule has 0 spiro atoms. The van der Waals surface area contributed by atoms with Gasteiger partial charge in [0.1, 0.15) is 0 Å². The SMILES string of the molecule is C[C@H](OC(=O)c1ccc2nc(N)sc2c1)C(=O)N1CCc2ccccc2C1. The number of nitrogens with two attached hydrogens (primary N) is 1. The van der Waals surface area contributed by atoms with E-state index in [-0.39, 0.29) is 5.91 Å². The summed E-state index contributed by atoms with van der Waals surface area (Å²) in [5.74, 6) is -0.705. The third-order valence-corrected chi connectivity index (χ3v) is 5.56. The molecular weight excluding hydrogens is 362 g/mol. The molecule has 4 rings (SSSR count). The molecular formula is C20H19N3O3S. The molecule has 0 saturated heterocycles. The van der Waals surface area contributed by atoms with E-state index in [2.05, 4.69) is 11.1 Å². The Hall–Kier alpha value is -2.93. The molecule has 0 bridgehead atoms. The summed E-state index contributed by atoms with van der Waals surface area (Å²) in [6.45, 7) is 2.79. The summed E-state index contributed by atoms with van der Waals surface area (Å²) in [4.78, 5) is 31.1. The number of fused-ring (bicyclic) bond motifs is 2. The van der Waals surface area contributed by atoms with Gasteiger partial charge in [-0.1, -0.05) is 35.6 Å². The van der Waals surface area contributed by atoms with Crippen molar-refractivity contribution in [3.05, 3.63) is 59.2 Å². The van der Waals surface area contributed by atoms with Crippen molar-refractivity contribution in [3.63, 3.8) is 0 Å². The van der Waals surface area contributed by atoms with Gasteiger partial charge in [-0.05, 0) is 42.7 Å². The largest absolute Gasteiger partial charge is 0.449 e. The standard InChI is InChI=1S/C20H19N3O3S/c1-12(18(24)23-9-8-13-4-2-3-5-15(13)11-23)26-19(25)14-6-7-16-17(10-14)27-20(21)22-16/h2-7,10,12H,8-9,11H2,1H3,(H2,21,22)/t12-/m0/s1. The summed E-state index contributed by atoms with van der Waals surface area (Å²) in [6, 6.07) is 13.2. The van der Waals surface area contributed by atoms with Crippen molar-refractivity contribution in [1.29, 1.82) is 0 Å². The first kappa shape index (κ1) is 17.5. The highest BCUT2D eigenvalue weighted by molar-refractivity contribution is 7.22. The second-order valence-electron chi connectivity index (χ2n) is 6.56. The van der Waals surface area contributed by atoms with Gasteiger partial charge in [-0.3, -0.25) is 4.79 Å². The average molecular weight is 381 g/mol. The zero-order valence-corrected chi connectivity index (χ0v) is 15.7. The van der Waals surface area contributed by atoms with Gasteiger partial charge >= 0.3 is 5.97 Å². The first-order valence-electron chi connectivity index (χ1n) is 8.74. The van der Waals surface area contributed by atoms with E-state index < -0.39 is 12.1 Å². The Morgan fingerprint density at radius 2 is 2.00 bits per heavy atom. The number of hydrogen-bond acceptors (Lipinski definition) is 6. The van der Waals surface area contributed by atoms with Crippen LogP contribution in [0.15, 0.2) is 42.5 Å². The second kappa shape index (κ2) is 7.00. The van der Waals surface area contributed by atoms with Crippen LogP contribution in [-0.4, -0.2) is 34.4 Å². The van der Waals surface area contributed by atoms with Gasteiger partial charge < -0.3 is 15.4 Å². The number of carbonyl (C=O) groups excluding carboxylic acids is 2. The van der Waals surface area contributed by atoms with Crippen molar-refractivity contribution >= 4 is 38.6 Å². The first-order chi connectivity index (χ1) is 13.0. The van der Waals surface area contributed by atoms with Crippen molar-refractivity contribution in [3.8, 4) is 0 Å². The van der Waals surface area contributed by atoms with Crippen LogP contribution in [-0.2, 0) is 22.5 Å². The summed E-state index contributed by atoms with van der Waals surface area (Å²) >= 11 is 1.31. The number of nitrogen functional groups attached to an aromatic ring is 1. The van der Waals surface area contributed by atoms with E-state index in [1.165, 1.54) is 16.9 Å². The minimum Gasteiger partial charge on any atom is -0.449 e. The van der Waals surface area contributed by atoms with Gasteiger partial charge in [0.25, 0.3) is 5.91 Å². The number of amides is 1. The molecule has 1 amide bonds. The van der Waals surface area contributed by atoms with Crippen LogP contribution in [0, 0.1) is 0 Å².